The zero-order valence-electron chi connectivity index (χ0n) is 13.8. The first-order valence-electron chi connectivity index (χ1n) is 8.63. The van der Waals surface area contributed by atoms with Crippen molar-refractivity contribution < 1.29 is 5.11 Å². The summed E-state index contributed by atoms with van der Waals surface area (Å²) >= 11 is 0. The van der Waals surface area contributed by atoms with Gasteiger partial charge in [0.25, 0.3) is 0 Å². The topological polar surface area (TPSA) is 63.3 Å². The highest BCUT2D eigenvalue weighted by Gasteiger charge is 2.26. The Hall–Kier alpha value is -2.27. The van der Waals surface area contributed by atoms with Crippen LogP contribution in [0.5, 0.6) is 0 Å². The molecule has 1 aliphatic rings. The third kappa shape index (κ3) is 2.80. The van der Waals surface area contributed by atoms with Crippen LogP contribution in [0.1, 0.15) is 44.1 Å². The Morgan fingerprint density at radius 3 is 2.54 bits per heavy atom. The van der Waals surface area contributed by atoms with Crippen LogP contribution in [-0.2, 0) is 0 Å². The summed E-state index contributed by atoms with van der Waals surface area (Å²) in [5, 5.41) is 14.3. The molecule has 0 aliphatic heterocycles. The summed E-state index contributed by atoms with van der Waals surface area (Å²) in [6.45, 7) is 1.91. The Kier molecular flexibility index (Phi) is 4.02. The van der Waals surface area contributed by atoms with Crippen LogP contribution < -0.4 is 0 Å². The minimum Gasteiger partial charge on any atom is -0.393 e. The molecule has 4 rings (SSSR count). The lowest BCUT2D eigenvalue weighted by Crippen LogP contribution is -2.22. The summed E-state index contributed by atoms with van der Waals surface area (Å²) in [5.41, 5.74) is 4.61. The van der Waals surface area contributed by atoms with Crippen molar-refractivity contribution in [1.29, 1.82) is 0 Å². The van der Waals surface area contributed by atoms with Crippen molar-refractivity contribution in [3.63, 3.8) is 0 Å². The van der Waals surface area contributed by atoms with Crippen LogP contribution in [0, 0.1) is 5.92 Å². The van der Waals surface area contributed by atoms with E-state index in [1.165, 1.54) is 5.56 Å². The van der Waals surface area contributed by atoms with E-state index in [0.29, 0.717) is 11.8 Å². The fourth-order valence-corrected chi connectivity index (χ4v) is 3.85. The molecule has 0 saturated heterocycles. The van der Waals surface area contributed by atoms with Crippen LogP contribution in [-0.4, -0.2) is 30.8 Å². The average molecular weight is 322 g/mol. The molecule has 1 N–H and O–H groups in total. The highest BCUT2D eigenvalue weighted by Crippen LogP contribution is 2.39. The Morgan fingerprint density at radius 2 is 1.83 bits per heavy atom. The van der Waals surface area contributed by atoms with Gasteiger partial charge in [-0.1, -0.05) is 0 Å². The van der Waals surface area contributed by atoms with Crippen molar-refractivity contribution in [3.8, 4) is 11.1 Å². The second kappa shape index (κ2) is 6.32. The highest BCUT2D eigenvalue weighted by atomic mass is 16.3. The van der Waals surface area contributed by atoms with Gasteiger partial charge in [0.15, 0.2) is 0 Å². The van der Waals surface area contributed by atoms with E-state index in [4.69, 9.17) is 0 Å². The second-order valence-corrected chi connectivity index (χ2v) is 6.82. The van der Waals surface area contributed by atoms with E-state index in [9.17, 15) is 5.11 Å². The molecule has 1 fully saturated rings. The molecule has 0 bridgehead atoms. The summed E-state index contributed by atoms with van der Waals surface area (Å²) in [4.78, 5) is 8.22. The molecule has 3 heterocycles. The largest absolute Gasteiger partial charge is 0.393 e. The predicted molar refractivity (Wildman–Crippen MR) is 92.6 cm³/mol. The average Bonchev–Trinajstić information content (AvgIpc) is 3.05. The molecular weight excluding hydrogens is 300 g/mol. The zero-order valence-corrected chi connectivity index (χ0v) is 13.8. The third-order valence-corrected chi connectivity index (χ3v) is 5.34. The van der Waals surface area contributed by atoms with Gasteiger partial charge in [-0.3, -0.25) is 0 Å². The van der Waals surface area contributed by atoms with E-state index in [1.807, 2.05) is 42.3 Å². The maximum absolute atomic E-state index is 9.80. The molecule has 0 unspecified atom stereocenters. The standard InChI is InChI=1S/C19H22N4O/c1-13(24)14-2-4-15(5-3-14)18-11-22-23-7-6-16(8-19(18)23)17-9-20-12-21-10-17/h6-15,24H,2-5H2,1H3/t13-,14?,15?/m0/s1. The molecule has 1 atom stereocenters. The summed E-state index contributed by atoms with van der Waals surface area (Å²) < 4.78 is 1.95. The molecule has 5 heteroatoms. The summed E-state index contributed by atoms with van der Waals surface area (Å²) in [7, 11) is 0. The van der Waals surface area contributed by atoms with E-state index >= 15 is 0 Å². The van der Waals surface area contributed by atoms with Gasteiger partial charge in [0.2, 0.25) is 0 Å². The Labute approximate surface area is 141 Å². The van der Waals surface area contributed by atoms with Crippen molar-refractivity contribution >= 4 is 5.52 Å². The molecule has 0 aromatic carbocycles. The van der Waals surface area contributed by atoms with E-state index in [2.05, 4.69) is 21.1 Å². The van der Waals surface area contributed by atoms with E-state index < -0.39 is 0 Å². The monoisotopic (exact) mass is 322 g/mol. The Bertz CT molecular complexity index is 820. The highest BCUT2D eigenvalue weighted by molar-refractivity contribution is 5.69. The predicted octanol–water partition coefficient (Wildman–Crippen LogP) is 3.45. The Balaban J connectivity index is 1.65. The molecule has 24 heavy (non-hydrogen) atoms. The van der Waals surface area contributed by atoms with Crippen LogP contribution in [0.4, 0.5) is 0 Å². The minimum atomic E-state index is -0.195. The summed E-state index contributed by atoms with van der Waals surface area (Å²) in [6.07, 6.45) is 13.5. The second-order valence-electron chi connectivity index (χ2n) is 6.82. The lowest BCUT2D eigenvalue weighted by Gasteiger charge is -2.29. The van der Waals surface area contributed by atoms with Gasteiger partial charge in [-0.25, -0.2) is 14.5 Å². The van der Waals surface area contributed by atoms with E-state index in [0.717, 1.165) is 42.3 Å². The van der Waals surface area contributed by atoms with Gasteiger partial charge in [0.05, 0.1) is 17.8 Å². The van der Waals surface area contributed by atoms with Crippen molar-refractivity contribution in [3.05, 3.63) is 48.8 Å². The van der Waals surface area contributed by atoms with Gasteiger partial charge in [-0.15, -0.1) is 0 Å². The lowest BCUT2D eigenvalue weighted by molar-refractivity contribution is 0.0968. The maximum Gasteiger partial charge on any atom is 0.115 e. The van der Waals surface area contributed by atoms with Gasteiger partial charge in [0.1, 0.15) is 6.33 Å². The number of aromatic nitrogens is 4. The summed E-state index contributed by atoms with van der Waals surface area (Å²) in [6, 6.07) is 4.23. The molecule has 3 aromatic heterocycles. The zero-order chi connectivity index (χ0) is 16.5. The lowest BCUT2D eigenvalue weighted by atomic mass is 9.77. The first-order valence-corrected chi connectivity index (χ1v) is 8.63. The first-order chi connectivity index (χ1) is 11.7. The molecule has 5 nitrogen and oxygen atoms in total. The van der Waals surface area contributed by atoms with Crippen LogP contribution in [0.3, 0.4) is 0 Å². The molecular formula is C19H22N4O. The quantitative estimate of drug-likeness (QED) is 0.802. The van der Waals surface area contributed by atoms with Gasteiger partial charge >= 0.3 is 0 Å². The summed E-state index contributed by atoms with van der Waals surface area (Å²) in [5.74, 6) is 0.972. The van der Waals surface area contributed by atoms with Gasteiger partial charge in [-0.2, -0.15) is 5.10 Å². The number of hydrogen-bond donors (Lipinski definition) is 1. The van der Waals surface area contributed by atoms with Crippen molar-refractivity contribution in [2.24, 2.45) is 5.92 Å². The Morgan fingerprint density at radius 1 is 1.08 bits per heavy atom. The first kappa shape index (κ1) is 15.3. The van der Waals surface area contributed by atoms with Gasteiger partial charge in [0, 0.05) is 29.7 Å². The van der Waals surface area contributed by atoms with Crippen LogP contribution >= 0.6 is 0 Å². The number of nitrogens with zero attached hydrogens (tertiary/aromatic N) is 4. The molecule has 3 aromatic rings. The van der Waals surface area contributed by atoms with Crippen molar-refractivity contribution in [2.45, 2.75) is 44.6 Å². The number of hydrogen-bond acceptors (Lipinski definition) is 4. The molecule has 0 amide bonds. The van der Waals surface area contributed by atoms with Crippen molar-refractivity contribution in [2.75, 3.05) is 0 Å². The molecule has 1 aliphatic carbocycles. The minimum absolute atomic E-state index is 0.195. The van der Waals surface area contributed by atoms with Crippen LogP contribution in [0.15, 0.2) is 43.2 Å². The van der Waals surface area contributed by atoms with Gasteiger partial charge in [-0.05, 0) is 62.1 Å². The van der Waals surface area contributed by atoms with E-state index in [1.54, 1.807) is 6.33 Å². The number of rotatable bonds is 3. The van der Waals surface area contributed by atoms with Crippen LogP contribution in [0.2, 0.25) is 0 Å². The number of aliphatic hydroxyl groups is 1. The third-order valence-electron chi connectivity index (χ3n) is 5.34. The fourth-order valence-electron chi connectivity index (χ4n) is 3.85. The number of aliphatic hydroxyl groups excluding tert-OH is 1. The molecule has 0 radical (unpaired) electrons. The van der Waals surface area contributed by atoms with Crippen LogP contribution in [0.25, 0.3) is 16.6 Å². The normalized spacial score (nSPS) is 22.6. The molecule has 1 saturated carbocycles. The smallest absolute Gasteiger partial charge is 0.115 e. The molecule has 124 valence electrons. The maximum atomic E-state index is 9.80. The van der Waals surface area contributed by atoms with Crippen molar-refractivity contribution in [1.82, 2.24) is 19.6 Å². The number of pyridine rings is 1. The SMILES string of the molecule is C[C@H](O)C1CCC(c2cnn3ccc(-c4cncnc4)cc23)CC1. The van der Waals surface area contributed by atoms with E-state index in [-0.39, 0.29) is 6.10 Å². The van der Waals surface area contributed by atoms with Gasteiger partial charge < -0.3 is 5.11 Å². The number of fused-ring (bicyclic) bond motifs is 1. The fraction of sp³-hybridized carbons (Fsp3) is 0.421. The molecule has 0 spiro atoms.